The molecule has 0 amide bonds. The van der Waals surface area contributed by atoms with Crippen LogP contribution in [0.2, 0.25) is 0 Å². The Morgan fingerprint density at radius 2 is 1.77 bits per heavy atom. The summed E-state index contributed by atoms with van der Waals surface area (Å²) < 4.78 is 0. The minimum Gasteiger partial charge on any atom is -0.314 e. The fourth-order valence-electron chi connectivity index (χ4n) is 3.60. The molecule has 2 fully saturated rings. The minimum absolute atomic E-state index is 1.15. The number of thiol groups is 1. The van der Waals surface area contributed by atoms with Crippen LogP contribution in [0.4, 0.5) is 0 Å². The lowest BCUT2D eigenvalue weighted by atomic mass is 10.00. The highest BCUT2D eigenvalue weighted by Crippen LogP contribution is 2.76. The molecule has 1 nitrogen and oxygen atoms in total. The second kappa shape index (κ2) is 3.16. The van der Waals surface area contributed by atoms with E-state index in [1.54, 1.807) is 24.3 Å². The standard InChI is InChI=1S/C11H25NS/c1-12-10-13(2,8-3-4-9-13)11-6-5-7-11/h11-13H,3-10H2,1-2H3. The van der Waals surface area contributed by atoms with Crippen LogP contribution in [-0.4, -0.2) is 35.9 Å². The maximum atomic E-state index is 3.50. The van der Waals surface area contributed by atoms with E-state index in [-0.39, 0.29) is 0 Å². The zero-order chi connectivity index (χ0) is 9.39. The van der Waals surface area contributed by atoms with Crippen molar-refractivity contribution in [2.24, 2.45) is 0 Å². The van der Waals surface area contributed by atoms with Crippen molar-refractivity contribution in [3.05, 3.63) is 0 Å². The molecule has 2 aliphatic rings. The lowest BCUT2D eigenvalue weighted by Crippen LogP contribution is -2.43. The van der Waals surface area contributed by atoms with Crippen molar-refractivity contribution in [3.8, 4) is 0 Å². The molecule has 0 aromatic rings. The zero-order valence-corrected chi connectivity index (χ0v) is 10.1. The molecule has 13 heavy (non-hydrogen) atoms. The van der Waals surface area contributed by atoms with Gasteiger partial charge in [-0.05, 0) is 55.7 Å². The largest absolute Gasteiger partial charge is 0.314 e. The maximum absolute atomic E-state index is 3.50. The molecule has 1 saturated carbocycles. The number of hydrogen-bond acceptors (Lipinski definition) is 1. The summed E-state index contributed by atoms with van der Waals surface area (Å²) in [5.41, 5.74) is 0. The maximum Gasteiger partial charge on any atom is 0.0132 e. The van der Waals surface area contributed by atoms with E-state index in [0.29, 0.717) is 0 Å². The normalized spacial score (nSPS) is 34.8. The molecule has 1 aliphatic carbocycles. The average Bonchev–Trinajstić information content (AvgIpc) is 2.30. The van der Waals surface area contributed by atoms with Crippen molar-refractivity contribution in [2.75, 3.05) is 30.7 Å². The van der Waals surface area contributed by atoms with Gasteiger partial charge in [-0.2, -0.15) is 0 Å². The molecule has 0 aromatic carbocycles. The SMILES string of the molecule is CNC[SH]1(C)(C2CCC2)CCCC1. The lowest BCUT2D eigenvalue weighted by Gasteiger charge is -2.64. The van der Waals surface area contributed by atoms with Gasteiger partial charge in [0.25, 0.3) is 0 Å². The summed E-state index contributed by atoms with van der Waals surface area (Å²) in [6.07, 6.45) is 10.4. The molecule has 1 N–H and O–H groups in total. The molecule has 0 radical (unpaired) electrons. The summed E-state index contributed by atoms with van der Waals surface area (Å²) in [4.78, 5) is 0. The zero-order valence-electron chi connectivity index (χ0n) is 9.18. The third kappa shape index (κ3) is 1.42. The first kappa shape index (κ1) is 9.85. The average molecular weight is 203 g/mol. The van der Waals surface area contributed by atoms with Gasteiger partial charge in [0.2, 0.25) is 0 Å². The van der Waals surface area contributed by atoms with Crippen LogP contribution in [0.3, 0.4) is 0 Å². The van der Waals surface area contributed by atoms with Gasteiger partial charge in [0.15, 0.2) is 0 Å². The molecule has 2 rings (SSSR count). The summed E-state index contributed by atoms with van der Waals surface area (Å²) in [6.45, 7) is 0. The van der Waals surface area contributed by atoms with E-state index < -0.39 is 9.16 Å². The Balaban J connectivity index is 2.16. The van der Waals surface area contributed by atoms with Gasteiger partial charge in [-0.25, -0.2) is 0 Å². The van der Waals surface area contributed by atoms with Crippen LogP contribution < -0.4 is 5.32 Å². The number of hydrogen-bond donors (Lipinski definition) is 2. The quantitative estimate of drug-likeness (QED) is 0.670. The van der Waals surface area contributed by atoms with Gasteiger partial charge in [0.1, 0.15) is 0 Å². The highest BCUT2D eigenvalue weighted by atomic mass is 32.3. The van der Waals surface area contributed by atoms with Crippen LogP contribution in [0.1, 0.15) is 32.1 Å². The molecule has 0 unspecified atom stereocenters. The smallest absolute Gasteiger partial charge is 0.0132 e. The summed E-state index contributed by atoms with van der Waals surface area (Å²) in [5.74, 6) is 4.56. The van der Waals surface area contributed by atoms with Crippen LogP contribution in [-0.2, 0) is 0 Å². The molecular formula is C11H25NS. The van der Waals surface area contributed by atoms with Gasteiger partial charge < -0.3 is 5.32 Å². The molecule has 80 valence electrons. The van der Waals surface area contributed by atoms with E-state index in [9.17, 15) is 0 Å². The highest BCUT2D eigenvalue weighted by molar-refractivity contribution is 8.49. The van der Waals surface area contributed by atoms with E-state index in [4.69, 9.17) is 0 Å². The van der Waals surface area contributed by atoms with Gasteiger partial charge in [0, 0.05) is 5.88 Å². The molecule has 0 aromatic heterocycles. The van der Waals surface area contributed by atoms with Crippen molar-refractivity contribution in [1.29, 1.82) is 0 Å². The predicted octanol–water partition coefficient (Wildman–Crippen LogP) is 2.21. The summed E-state index contributed by atoms with van der Waals surface area (Å²) >= 11 is 0. The van der Waals surface area contributed by atoms with Crippen LogP contribution in [0.5, 0.6) is 0 Å². The van der Waals surface area contributed by atoms with Crippen LogP contribution in [0, 0.1) is 0 Å². The molecule has 0 atom stereocenters. The van der Waals surface area contributed by atoms with E-state index in [2.05, 4.69) is 18.6 Å². The van der Waals surface area contributed by atoms with Crippen molar-refractivity contribution in [1.82, 2.24) is 5.32 Å². The third-order valence-electron chi connectivity index (χ3n) is 4.75. The van der Waals surface area contributed by atoms with Crippen LogP contribution in [0.15, 0.2) is 0 Å². The Labute approximate surface area is 83.0 Å². The summed E-state index contributed by atoms with van der Waals surface area (Å²) in [7, 11) is 0.915. The molecule has 2 heteroatoms. The Bertz CT molecular complexity index is 192. The third-order valence-corrected chi connectivity index (χ3v) is 12.1. The first-order valence-electron chi connectivity index (χ1n) is 5.82. The Morgan fingerprint density at radius 1 is 1.15 bits per heavy atom. The van der Waals surface area contributed by atoms with Crippen molar-refractivity contribution >= 4 is 9.16 Å². The van der Waals surface area contributed by atoms with Crippen molar-refractivity contribution in [2.45, 2.75) is 37.4 Å². The van der Waals surface area contributed by atoms with E-state index in [1.165, 1.54) is 25.1 Å². The number of rotatable bonds is 3. The Kier molecular flexibility index (Phi) is 2.40. The van der Waals surface area contributed by atoms with E-state index in [0.717, 1.165) is 5.25 Å². The highest BCUT2D eigenvalue weighted by Gasteiger charge is 2.47. The van der Waals surface area contributed by atoms with Gasteiger partial charge >= 0.3 is 0 Å². The topological polar surface area (TPSA) is 12.0 Å². The first-order chi connectivity index (χ1) is 6.18. The summed E-state index contributed by atoms with van der Waals surface area (Å²) in [6, 6.07) is 0. The fourth-order valence-corrected chi connectivity index (χ4v) is 10.4. The fraction of sp³-hybridized carbons (Fsp3) is 1.00. The summed E-state index contributed by atoms with van der Waals surface area (Å²) in [5, 5.41) is 4.65. The lowest BCUT2D eigenvalue weighted by molar-refractivity contribution is 0.510. The van der Waals surface area contributed by atoms with Gasteiger partial charge in [0.05, 0.1) is 0 Å². The van der Waals surface area contributed by atoms with Gasteiger partial charge in [-0.1, -0.05) is 6.42 Å². The second-order valence-corrected chi connectivity index (χ2v) is 12.5. The van der Waals surface area contributed by atoms with Gasteiger partial charge in [-0.15, -0.1) is 0 Å². The monoisotopic (exact) mass is 203 g/mol. The van der Waals surface area contributed by atoms with E-state index >= 15 is 0 Å². The number of nitrogens with one attached hydrogen (secondary N) is 1. The first-order valence-corrected chi connectivity index (χ1v) is 9.13. The molecule has 0 spiro atoms. The predicted molar refractivity (Wildman–Crippen MR) is 65.4 cm³/mol. The minimum atomic E-state index is -1.23. The van der Waals surface area contributed by atoms with E-state index in [1.807, 2.05) is 0 Å². The molecule has 1 heterocycles. The Morgan fingerprint density at radius 3 is 2.15 bits per heavy atom. The van der Waals surface area contributed by atoms with Crippen molar-refractivity contribution in [3.63, 3.8) is 0 Å². The second-order valence-electron chi connectivity index (χ2n) is 5.68. The van der Waals surface area contributed by atoms with Gasteiger partial charge in [-0.3, -0.25) is 9.16 Å². The molecule has 1 aliphatic heterocycles. The Hall–Kier alpha value is 0.310. The van der Waals surface area contributed by atoms with Crippen LogP contribution >= 0.6 is 9.16 Å². The molecule has 1 saturated heterocycles. The molecule has 0 bridgehead atoms. The molecular weight excluding hydrogens is 178 g/mol. The van der Waals surface area contributed by atoms with Crippen LogP contribution in [0.25, 0.3) is 0 Å². The van der Waals surface area contributed by atoms with Crippen molar-refractivity contribution < 1.29 is 0 Å².